The number of hydrogen-bond donors (Lipinski definition) is 1. The summed E-state index contributed by atoms with van der Waals surface area (Å²) in [5, 5.41) is 0. The molecule has 1 aromatic rings. The highest BCUT2D eigenvalue weighted by Gasteiger charge is 2.26. The number of anilines is 2. The maximum absolute atomic E-state index is 5.80. The lowest BCUT2D eigenvalue weighted by Gasteiger charge is -2.38. The summed E-state index contributed by atoms with van der Waals surface area (Å²) in [7, 11) is 0. The molecule has 1 saturated heterocycles. The predicted octanol–water partition coefficient (Wildman–Crippen LogP) is 0.981. The van der Waals surface area contributed by atoms with Gasteiger partial charge in [0, 0.05) is 12.1 Å². The highest BCUT2D eigenvalue weighted by Crippen LogP contribution is 2.24. The van der Waals surface area contributed by atoms with Gasteiger partial charge in [-0.05, 0) is 20.8 Å². The van der Waals surface area contributed by atoms with Crippen LogP contribution in [0.1, 0.15) is 19.4 Å². The smallest absolute Gasteiger partial charge is 0.137 e. The third kappa shape index (κ3) is 1.95. The number of nitrogen functional groups attached to an aromatic ring is 1. The van der Waals surface area contributed by atoms with Crippen molar-refractivity contribution in [1.29, 1.82) is 0 Å². The Labute approximate surface area is 95.6 Å². The van der Waals surface area contributed by atoms with Crippen molar-refractivity contribution in [1.82, 2.24) is 9.97 Å². The van der Waals surface area contributed by atoms with Crippen molar-refractivity contribution < 1.29 is 4.74 Å². The monoisotopic (exact) mass is 222 g/mol. The summed E-state index contributed by atoms with van der Waals surface area (Å²) < 4.78 is 5.60. The second-order valence-corrected chi connectivity index (χ2v) is 4.35. The fourth-order valence-electron chi connectivity index (χ4n) is 1.94. The number of nitrogens with two attached hydrogens (primary N) is 1. The van der Waals surface area contributed by atoms with E-state index in [2.05, 4.69) is 28.7 Å². The first-order valence-electron chi connectivity index (χ1n) is 5.55. The topological polar surface area (TPSA) is 64.3 Å². The van der Waals surface area contributed by atoms with Crippen molar-refractivity contribution in [3.8, 4) is 0 Å². The Morgan fingerprint density at radius 2 is 2.19 bits per heavy atom. The molecule has 0 bridgehead atoms. The summed E-state index contributed by atoms with van der Waals surface area (Å²) in [6.45, 7) is 7.73. The van der Waals surface area contributed by atoms with E-state index in [9.17, 15) is 0 Å². The van der Waals surface area contributed by atoms with Gasteiger partial charge in [-0.2, -0.15) is 0 Å². The Bertz CT molecular complexity index is 382. The number of aromatic nitrogens is 2. The van der Waals surface area contributed by atoms with E-state index in [4.69, 9.17) is 10.5 Å². The molecule has 0 saturated carbocycles. The predicted molar refractivity (Wildman–Crippen MR) is 63.4 cm³/mol. The van der Waals surface area contributed by atoms with Crippen molar-refractivity contribution in [3.63, 3.8) is 0 Å². The van der Waals surface area contributed by atoms with Gasteiger partial charge < -0.3 is 15.4 Å². The van der Waals surface area contributed by atoms with E-state index >= 15 is 0 Å². The Morgan fingerprint density at radius 1 is 1.44 bits per heavy atom. The van der Waals surface area contributed by atoms with E-state index < -0.39 is 0 Å². The zero-order valence-corrected chi connectivity index (χ0v) is 9.97. The maximum Gasteiger partial charge on any atom is 0.137 e. The number of ether oxygens (including phenoxy) is 1. The van der Waals surface area contributed by atoms with E-state index in [-0.39, 0.29) is 6.10 Å². The zero-order chi connectivity index (χ0) is 11.7. The van der Waals surface area contributed by atoms with Crippen LogP contribution < -0.4 is 10.6 Å². The van der Waals surface area contributed by atoms with Gasteiger partial charge in [-0.3, -0.25) is 0 Å². The van der Waals surface area contributed by atoms with Crippen LogP contribution in [-0.2, 0) is 4.74 Å². The van der Waals surface area contributed by atoms with Crippen LogP contribution in [0.3, 0.4) is 0 Å². The SMILES string of the molecule is Cc1c(N)ncnc1N1CC(C)OCC1C. The number of morpholine rings is 1. The van der Waals surface area contributed by atoms with Gasteiger partial charge in [-0.25, -0.2) is 9.97 Å². The van der Waals surface area contributed by atoms with E-state index in [1.807, 2.05) is 6.92 Å². The lowest BCUT2D eigenvalue weighted by atomic mass is 10.2. The molecule has 1 aliphatic rings. The van der Waals surface area contributed by atoms with Crippen LogP contribution in [0.5, 0.6) is 0 Å². The molecule has 2 unspecified atom stereocenters. The molecular weight excluding hydrogens is 204 g/mol. The molecule has 5 heteroatoms. The summed E-state index contributed by atoms with van der Waals surface area (Å²) in [5.74, 6) is 1.48. The van der Waals surface area contributed by atoms with Gasteiger partial charge in [-0.1, -0.05) is 0 Å². The largest absolute Gasteiger partial charge is 0.383 e. The molecule has 2 atom stereocenters. The lowest BCUT2D eigenvalue weighted by Crippen LogP contribution is -2.48. The normalized spacial score (nSPS) is 25.8. The van der Waals surface area contributed by atoms with E-state index in [1.54, 1.807) is 0 Å². The second kappa shape index (κ2) is 4.25. The minimum Gasteiger partial charge on any atom is -0.383 e. The molecule has 16 heavy (non-hydrogen) atoms. The number of nitrogens with zero attached hydrogens (tertiary/aromatic N) is 3. The molecule has 2 rings (SSSR count). The quantitative estimate of drug-likeness (QED) is 0.767. The molecule has 88 valence electrons. The van der Waals surface area contributed by atoms with Crippen LogP contribution >= 0.6 is 0 Å². The van der Waals surface area contributed by atoms with Crippen molar-refractivity contribution in [2.24, 2.45) is 0 Å². The molecule has 0 radical (unpaired) electrons. The number of rotatable bonds is 1. The first-order valence-corrected chi connectivity index (χ1v) is 5.55. The fraction of sp³-hybridized carbons (Fsp3) is 0.636. The lowest BCUT2D eigenvalue weighted by molar-refractivity contribution is 0.0340. The van der Waals surface area contributed by atoms with Gasteiger partial charge in [-0.15, -0.1) is 0 Å². The summed E-state index contributed by atoms with van der Waals surface area (Å²) in [6.07, 6.45) is 1.75. The maximum atomic E-state index is 5.80. The highest BCUT2D eigenvalue weighted by atomic mass is 16.5. The van der Waals surface area contributed by atoms with Crippen molar-refractivity contribution in [2.75, 3.05) is 23.8 Å². The first kappa shape index (κ1) is 11.1. The minimum atomic E-state index is 0.229. The van der Waals surface area contributed by atoms with Crippen molar-refractivity contribution in [2.45, 2.75) is 32.9 Å². The van der Waals surface area contributed by atoms with Gasteiger partial charge in [0.25, 0.3) is 0 Å². The number of hydrogen-bond acceptors (Lipinski definition) is 5. The second-order valence-electron chi connectivity index (χ2n) is 4.35. The highest BCUT2D eigenvalue weighted by molar-refractivity contribution is 5.56. The van der Waals surface area contributed by atoms with Crippen LogP contribution in [0.25, 0.3) is 0 Å². The van der Waals surface area contributed by atoms with Gasteiger partial charge in [0.2, 0.25) is 0 Å². The molecule has 1 fully saturated rings. The van der Waals surface area contributed by atoms with Gasteiger partial charge in [0.05, 0.1) is 18.8 Å². The van der Waals surface area contributed by atoms with Crippen molar-refractivity contribution in [3.05, 3.63) is 11.9 Å². The molecule has 5 nitrogen and oxygen atoms in total. The average molecular weight is 222 g/mol. The van der Waals surface area contributed by atoms with E-state index in [0.29, 0.717) is 11.9 Å². The van der Waals surface area contributed by atoms with Crippen LogP contribution in [0, 0.1) is 6.92 Å². The van der Waals surface area contributed by atoms with Crippen LogP contribution in [0.4, 0.5) is 11.6 Å². The molecule has 0 aliphatic carbocycles. The Balaban J connectivity index is 2.31. The summed E-state index contributed by atoms with van der Waals surface area (Å²) >= 11 is 0. The molecule has 0 amide bonds. The molecule has 2 N–H and O–H groups in total. The summed E-state index contributed by atoms with van der Waals surface area (Å²) in [6, 6.07) is 0.323. The molecule has 1 aromatic heterocycles. The minimum absolute atomic E-state index is 0.229. The Morgan fingerprint density at radius 3 is 2.94 bits per heavy atom. The van der Waals surface area contributed by atoms with Gasteiger partial charge in [0.15, 0.2) is 0 Å². The summed E-state index contributed by atoms with van der Waals surface area (Å²) in [5.41, 5.74) is 6.75. The standard InChI is InChI=1S/C11H18N4O/c1-7-5-16-8(2)4-15(7)11-9(3)10(12)13-6-14-11/h6-8H,4-5H2,1-3H3,(H2,12,13,14). The third-order valence-electron chi connectivity index (χ3n) is 2.98. The molecule has 1 aliphatic heterocycles. The Kier molecular flexibility index (Phi) is 2.96. The van der Waals surface area contributed by atoms with Crippen molar-refractivity contribution >= 4 is 11.6 Å². The van der Waals surface area contributed by atoms with Gasteiger partial charge in [0.1, 0.15) is 18.0 Å². The van der Waals surface area contributed by atoms with Crippen LogP contribution in [-0.4, -0.2) is 35.3 Å². The fourth-order valence-corrected chi connectivity index (χ4v) is 1.94. The van der Waals surface area contributed by atoms with Crippen LogP contribution in [0.15, 0.2) is 6.33 Å². The molecular formula is C11H18N4O. The Hall–Kier alpha value is -1.36. The molecule has 0 aromatic carbocycles. The van der Waals surface area contributed by atoms with Crippen LogP contribution in [0.2, 0.25) is 0 Å². The average Bonchev–Trinajstić information content (AvgIpc) is 2.26. The van der Waals surface area contributed by atoms with Gasteiger partial charge >= 0.3 is 0 Å². The molecule has 2 heterocycles. The van der Waals surface area contributed by atoms with E-state index in [1.165, 1.54) is 6.33 Å². The third-order valence-corrected chi connectivity index (χ3v) is 2.98. The first-order chi connectivity index (χ1) is 7.59. The zero-order valence-electron chi connectivity index (χ0n) is 9.97. The van der Waals surface area contributed by atoms with E-state index in [0.717, 1.165) is 24.5 Å². The molecule has 0 spiro atoms. The summed E-state index contributed by atoms with van der Waals surface area (Å²) in [4.78, 5) is 10.6.